The Kier molecular flexibility index (Phi) is 4.50. The molecule has 1 N–H and O–H groups in total. The Bertz CT molecular complexity index is 410. The third kappa shape index (κ3) is 3.96. The molecule has 1 aliphatic carbocycles. The monoisotopic (exact) mass is 271 g/mol. The molecule has 0 radical (unpaired) electrons. The van der Waals surface area contributed by atoms with Crippen LogP contribution in [0.4, 0.5) is 13.2 Å². The number of benzene rings is 1. The van der Waals surface area contributed by atoms with Crippen LogP contribution >= 0.6 is 0 Å². The highest BCUT2D eigenvalue weighted by Gasteiger charge is 2.30. The molecule has 106 valence electrons. The number of hydrogen-bond acceptors (Lipinski definition) is 1. The third-order valence-corrected chi connectivity index (χ3v) is 3.94. The molecule has 0 aliphatic heterocycles. The fraction of sp³-hybridized carbons (Fsp3) is 0.600. The fourth-order valence-electron chi connectivity index (χ4n) is 2.39. The summed E-state index contributed by atoms with van der Waals surface area (Å²) in [5, 5.41) is 3.31. The van der Waals surface area contributed by atoms with Crippen LogP contribution in [0.5, 0.6) is 0 Å². The number of nitrogens with one attached hydrogen (secondary N) is 1. The van der Waals surface area contributed by atoms with Crippen LogP contribution < -0.4 is 5.32 Å². The van der Waals surface area contributed by atoms with E-state index in [2.05, 4.69) is 5.32 Å². The van der Waals surface area contributed by atoms with E-state index in [9.17, 15) is 13.2 Å². The quantitative estimate of drug-likeness (QED) is 0.828. The van der Waals surface area contributed by atoms with E-state index in [0.717, 1.165) is 24.9 Å². The zero-order valence-corrected chi connectivity index (χ0v) is 11.1. The molecular formula is C15H20F3N. The lowest BCUT2D eigenvalue weighted by Gasteiger charge is -2.26. The second kappa shape index (κ2) is 5.95. The average molecular weight is 271 g/mol. The summed E-state index contributed by atoms with van der Waals surface area (Å²) in [4.78, 5) is 0. The van der Waals surface area contributed by atoms with Crippen molar-refractivity contribution >= 4 is 0 Å². The summed E-state index contributed by atoms with van der Waals surface area (Å²) in [7, 11) is 0. The van der Waals surface area contributed by atoms with Gasteiger partial charge in [0.05, 0.1) is 5.56 Å². The lowest BCUT2D eigenvalue weighted by atomic mass is 9.83. The SMILES string of the molecule is CC(NCCC1CCC1)c1cccc(C(F)(F)F)c1. The van der Waals surface area contributed by atoms with Crippen molar-refractivity contribution in [3.05, 3.63) is 35.4 Å². The highest BCUT2D eigenvalue weighted by Crippen LogP contribution is 2.31. The van der Waals surface area contributed by atoms with E-state index in [1.165, 1.54) is 31.4 Å². The Balaban J connectivity index is 1.88. The number of rotatable bonds is 5. The van der Waals surface area contributed by atoms with Crippen LogP contribution in [-0.2, 0) is 6.18 Å². The predicted octanol–water partition coefficient (Wildman–Crippen LogP) is 4.55. The first-order valence-electron chi connectivity index (χ1n) is 6.87. The van der Waals surface area contributed by atoms with Gasteiger partial charge in [0.1, 0.15) is 0 Å². The van der Waals surface area contributed by atoms with Crippen LogP contribution in [0.1, 0.15) is 49.8 Å². The maximum Gasteiger partial charge on any atom is 0.416 e. The number of halogens is 3. The lowest BCUT2D eigenvalue weighted by molar-refractivity contribution is -0.137. The van der Waals surface area contributed by atoms with Gasteiger partial charge in [-0.15, -0.1) is 0 Å². The molecule has 1 aliphatic rings. The van der Waals surface area contributed by atoms with Crippen LogP contribution in [0.25, 0.3) is 0 Å². The molecule has 0 bridgehead atoms. The molecule has 19 heavy (non-hydrogen) atoms. The van der Waals surface area contributed by atoms with Crippen LogP contribution in [0.15, 0.2) is 24.3 Å². The van der Waals surface area contributed by atoms with Crippen LogP contribution in [0.2, 0.25) is 0 Å². The van der Waals surface area contributed by atoms with Crippen molar-refractivity contribution in [2.24, 2.45) is 5.92 Å². The smallest absolute Gasteiger partial charge is 0.310 e. The minimum atomic E-state index is -4.26. The molecular weight excluding hydrogens is 251 g/mol. The fourth-order valence-corrected chi connectivity index (χ4v) is 2.39. The Labute approximate surface area is 112 Å². The molecule has 1 unspecified atom stereocenters. The molecule has 1 saturated carbocycles. The Morgan fingerprint density at radius 1 is 1.32 bits per heavy atom. The summed E-state index contributed by atoms with van der Waals surface area (Å²) >= 11 is 0. The molecule has 1 fully saturated rings. The van der Waals surface area contributed by atoms with Gasteiger partial charge in [-0.25, -0.2) is 0 Å². The molecule has 0 aromatic heterocycles. The zero-order valence-electron chi connectivity index (χ0n) is 11.1. The first-order valence-corrected chi connectivity index (χ1v) is 6.87. The van der Waals surface area contributed by atoms with E-state index >= 15 is 0 Å². The summed E-state index contributed by atoms with van der Waals surface area (Å²) in [6.07, 6.45) is 0.804. The second-order valence-corrected chi connectivity index (χ2v) is 5.38. The number of alkyl halides is 3. The summed E-state index contributed by atoms with van der Waals surface area (Å²) in [5.41, 5.74) is 0.126. The maximum atomic E-state index is 12.6. The summed E-state index contributed by atoms with van der Waals surface area (Å²) in [6, 6.07) is 5.53. The number of hydrogen-bond donors (Lipinski definition) is 1. The topological polar surface area (TPSA) is 12.0 Å². The van der Waals surface area contributed by atoms with E-state index in [1.54, 1.807) is 6.07 Å². The molecule has 2 rings (SSSR count). The van der Waals surface area contributed by atoms with Gasteiger partial charge in [-0.1, -0.05) is 31.4 Å². The Morgan fingerprint density at radius 2 is 2.05 bits per heavy atom. The van der Waals surface area contributed by atoms with Crippen molar-refractivity contribution in [3.8, 4) is 0 Å². The summed E-state index contributed by atoms with van der Waals surface area (Å²) in [6.45, 7) is 2.79. The van der Waals surface area contributed by atoms with Gasteiger partial charge in [-0.2, -0.15) is 13.2 Å². The van der Waals surface area contributed by atoms with Gasteiger partial charge in [0.15, 0.2) is 0 Å². The molecule has 1 nitrogen and oxygen atoms in total. The molecule has 0 saturated heterocycles. The zero-order chi connectivity index (χ0) is 13.9. The molecule has 0 amide bonds. The van der Waals surface area contributed by atoms with Gasteiger partial charge in [0.2, 0.25) is 0 Å². The Hall–Kier alpha value is -1.03. The van der Waals surface area contributed by atoms with Crippen molar-refractivity contribution < 1.29 is 13.2 Å². The molecule has 1 atom stereocenters. The van der Waals surface area contributed by atoms with Crippen molar-refractivity contribution in [1.29, 1.82) is 0 Å². The van der Waals surface area contributed by atoms with E-state index < -0.39 is 11.7 Å². The minimum absolute atomic E-state index is 0.0395. The second-order valence-electron chi connectivity index (χ2n) is 5.38. The molecule has 0 spiro atoms. The molecule has 0 heterocycles. The average Bonchev–Trinajstić information content (AvgIpc) is 2.31. The van der Waals surface area contributed by atoms with Crippen LogP contribution in [0.3, 0.4) is 0 Å². The predicted molar refractivity (Wildman–Crippen MR) is 69.8 cm³/mol. The highest BCUT2D eigenvalue weighted by atomic mass is 19.4. The lowest BCUT2D eigenvalue weighted by Crippen LogP contribution is -2.24. The highest BCUT2D eigenvalue weighted by molar-refractivity contribution is 5.27. The van der Waals surface area contributed by atoms with Crippen LogP contribution in [0, 0.1) is 5.92 Å². The Morgan fingerprint density at radius 3 is 2.63 bits per heavy atom. The van der Waals surface area contributed by atoms with Crippen molar-refractivity contribution in [1.82, 2.24) is 5.32 Å². The van der Waals surface area contributed by atoms with E-state index in [-0.39, 0.29) is 6.04 Å². The van der Waals surface area contributed by atoms with Gasteiger partial charge in [-0.3, -0.25) is 0 Å². The van der Waals surface area contributed by atoms with E-state index in [4.69, 9.17) is 0 Å². The normalized spacial score (nSPS) is 18.1. The van der Waals surface area contributed by atoms with Crippen molar-refractivity contribution in [3.63, 3.8) is 0 Å². The molecule has 4 heteroatoms. The third-order valence-electron chi connectivity index (χ3n) is 3.94. The largest absolute Gasteiger partial charge is 0.416 e. The summed E-state index contributed by atoms with van der Waals surface area (Å²) in [5.74, 6) is 0.821. The minimum Gasteiger partial charge on any atom is -0.310 e. The van der Waals surface area contributed by atoms with Crippen molar-refractivity contribution in [2.45, 2.75) is 44.8 Å². The maximum absolute atomic E-state index is 12.6. The van der Waals surface area contributed by atoms with Crippen LogP contribution in [-0.4, -0.2) is 6.54 Å². The molecule has 1 aromatic carbocycles. The van der Waals surface area contributed by atoms with Gasteiger partial charge in [0.25, 0.3) is 0 Å². The van der Waals surface area contributed by atoms with Gasteiger partial charge in [0, 0.05) is 6.04 Å². The van der Waals surface area contributed by atoms with Crippen molar-refractivity contribution in [2.75, 3.05) is 6.54 Å². The standard InChI is InChI=1S/C15H20F3N/c1-11(19-9-8-12-4-2-5-12)13-6-3-7-14(10-13)15(16,17)18/h3,6-7,10-12,19H,2,4-5,8-9H2,1H3. The van der Waals surface area contributed by atoms with E-state index in [1.807, 2.05) is 6.92 Å². The molecule has 1 aromatic rings. The van der Waals surface area contributed by atoms with Gasteiger partial charge >= 0.3 is 6.18 Å². The first-order chi connectivity index (χ1) is 8.97. The first kappa shape index (κ1) is 14.4. The van der Waals surface area contributed by atoms with Gasteiger partial charge < -0.3 is 5.32 Å². The van der Waals surface area contributed by atoms with Gasteiger partial charge in [-0.05, 0) is 43.5 Å². The summed E-state index contributed by atoms with van der Waals surface area (Å²) < 4.78 is 37.9. The van der Waals surface area contributed by atoms with E-state index in [0.29, 0.717) is 5.56 Å².